The van der Waals surface area contributed by atoms with Gasteiger partial charge < -0.3 is 4.90 Å². The van der Waals surface area contributed by atoms with E-state index in [9.17, 15) is 26.3 Å². The summed E-state index contributed by atoms with van der Waals surface area (Å²) >= 11 is 0. The van der Waals surface area contributed by atoms with Crippen LogP contribution in [-0.4, -0.2) is 31.3 Å². The summed E-state index contributed by atoms with van der Waals surface area (Å²) in [5.41, 5.74) is -1.72. The summed E-state index contributed by atoms with van der Waals surface area (Å²) in [6, 6.07) is 0. The third-order valence-corrected chi connectivity index (χ3v) is 1.07. The third-order valence-electron chi connectivity index (χ3n) is 1.07. The Labute approximate surface area is 70.6 Å². The van der Waals surface area contributed by atoms with Crippen molar-refractivity contribution in [3.8, 4) is 0 Å². The van der Waals surface area contributed by atoms with Gasteiger partial charge in [-0.25, -0.2) is 0 Å². The van der Waals surface area contributed by atoms with Gasteiger partial charge in [0.1, 0.15) is 5.70 Å². The molecule has 0 unspecified atom stereocenters. The number of alkyl halides is 6. The van der Waals surface area contributed by atoms with Gasteiger partial charge in [0.2, 0.25) is 0 Å². The Morgan fingerprint density at radius 3 is 1.46 bits per heavy atom. The van der Waals surface area contributed by atoms with Gasteiger partial charge >= 0.3 is 12.4 Å². The first-order chi connectivity index (χ1) is 5.54. The monoisotopic (exact) mass is 207 g/mol. The van der Waals surface area contributed by atoms with E-state index in [1.165, 1.54) is 0 Å². The maximum atomic E-state index is 11.9. The van der Waals surface area contributed by atoms with E-state index in [0.29, 0.717) is 4.90 Å². The quantitative estimate of drug-likeness (QED) is 0.597. The van der Waals surface area contributed by atoms with Gasteiger partial charge in [-0.15, -0.1) is 0 Å². The molecule has 0 aromatic heterocycles. The summed E-state index contributed by atoms with van der Waals surface area (Å²) in [6.07, 6.45) is -10.7. The Bertz CT molecular complexity index is 198. The zero-order valence-electron chi connectivity index (χ0n) is 6.79. The predicted octanol–water partition coefficient (Wildman–Crippen LogP) is 2.56. The van der Waals surface area contributed by atoms with E-state index >= 15 is 0 Å². The lowest BCUT2D eigenvalue weighted by Crippen LogP contribution is -2.27. The number of hydrogen-bond donors (Lipinski definition) is 0. The molecule has 0 radical (unpaired) electrons. The van der Waals surface area contributed by atoms with Crippen LogP contribution in [0.5, 0.6) is 0 Å². The van der Waals surface area contributed by atoms with Gasteiger partial charge in [0.25, 0.3) is 0 Å². The smallest absolute Gasteiger partial charge is 0.374 e. The lowest BCUT2D eigenvalue weighted by molar-refractivity contribution is -0.120. The fourth-order valence-corrected chi connectivity index (χ4v) is 0.620. The van der Waals surface area contributed by atoms with Crippen molar-refractivity contribution in [2.75, 3.05) is 14.1 Å². The molecule has 0 spiro atoms. The van der Waals surface area contributed by atoms with Crippen molar-refractivity contribution in [2.45, 2.75) is 12.4 Å². The molecule has 1 nitrogen and oxygen atoms in total. The predicted molar refractivity (Wildman–Crippen MR) is 33.9 cm³/mol. The highest BCUT2D eigenvalue weighted by molar-refractivity contribution is 5.09. The first-order valence-corrected chi connectivity index (χ1v) is 3.08. The topological polar surface area (TPSA) is 3.24 Å². The van der Waals surface area contributed by atoms with Gasteiger partial charge in [-0.2, -0.15) is 26.3 Å². The van der Waals surface area contributed by atoms with Crippen LogP contribution in [0.15, 0.2) is 11.8 Å². The van der Waals surface area contributed by atoms with Gasteiger partial charge in [0.15, 0.2) is 0 Å². The second kappa shape index (κ2) is 3.47. The molecule has 0 aromatic carbocycles. The van der Waals surface area contributed by atoms with Crippen LogP contribution >= 0.6 is 0 Å². The fraction of sp³-hybridized carbons (Fsp3) is 0.667. The number of rotatable bonds is 1. The first-order valence-electron chi connectivity index (χ1n) is 3.08. The standard InChI is InChI=1S/C6H7F6N/c1-13(2)4(6(10,11)12)3-5(7,8)9/h3H,1-2H3/b4-3+. The third kappa shape index (κ3) is 4.64. The molecule has 78 valence electrons. The van der Waals surface area contributed by atoms with E-state index in [-0.39, 0.29) is 0 Å². The molecule has 0 aliphatic carbocycles. The minimum Gasteiger partial charge on any atom is -0.374 e. The van der Waals surface area contributed by atoms with Crippen molar-refractivity contribution < 1.29 is 26.3 Å². The van der Waals surface area contributed by atoms with Crippen LogP contribution < -0.4 is 0 Å². The SMILES string of the molecule is CN(C)/C(=C/C(F)(F)F)C(F)(F)F. The van der Waals surface area contributed by atoms with Crippen LogP contribution in [-0.2, 0) is 0 Å². The summed E-state index contributed by atoms with van der Waals surface area (Å²) < 4.78 is 70.5. The zero-order valence-corrected chi connectivity index (χ0v) is 6.79. The van der Waals surface area contributed by atoms with Crippen LogP contribution in [0, 0.1) is 0 Å². The number of allylic oxidation sites excluding steroid dienone is 2. The van der Waals surface area contributed by atoms with E-state index < -0.39 is 24.1 Å². The molecule has 13 heavy (non-hydrogen) atoms. The lowest BCUT2D eigenvalue weighted by Gasteiger charge is -2.20. The van der Waals surface area contributed by atoms with Crippen molar-refractivity contribution in [3.05, 3.63) is 11.8 Å². The summed E-state index contributed by atoms with van der Waals surface area (Å²) in [4.78, 5) is 0.369. The maximum Gasteiger partial charge on any atom is 0.431 e. The molecule has 0 bridgehead atoms. The van der Waals surface area contributed by atoms with Crippen LogP contribution in [0.4, 0.5) is 26.3 Å². The molecule has 0 heterocycles. The van der Waals surface area contributed by atoms with Gasteiger partial charge in [-0.1, -0.05) is 0 Å². The largest absolute Gasteiger partial charge is 0.431 e. The molecular formula is C6H7F6N. The van der Waals surface area contributed by atoms with Crippen LogP contribution in [0.2, 0.25) is 0 Å². The molecule has 0 aliphatic heterocycles. The number of hydrogen-bond acceptors (Lipinski definition) is 1. The summed E-state index contributed by atoms with van der Waals surface area (Å²) in [7, 11) is 1.79. The summed E-state index contributed by atoms with van der Waals surface area (Å²) in [6.45, 7) is 0. The minimum absolute atomic E-state index is 0.369. The Balaban J connectivity index is 4.95. The van der Waals surface area contributed by atoms with Crippen molar-refractivity contribution in [2.24, 2.45) is 0 Å². The van der Waals surface area contributed by atoms with E-state index in [4.69, 9.17) is 0 Å². The Hall–Kier alpha value is -0.880. The van der Waals surface area contributed by atoms with E-state index in [1.54, 1.807) is 0 Å². The molecule has 0 amide bonds. The van der Waals surface area contributed by atoms with E-state index in [2.05, 4.69) is 0 Å². The Kier molecular flexibility index (Phi) is 3.23. The highest BCUT2D eigenvalue weighted by Gasteiger charge is 2.39. The Morgan fingerprint density at radius 1 is 1.00 bits per heavy atom. The van der Waals surface area contributed by atoms with Crippen molar-refractivity contribution in [1.82, 2.24) is 4.90 Å². The Morgan fingerprint density at radius 2 is 1.38 bits per heavy atom. The van der Waals surface area contributed by atoms with Crippen molar-refractivity contribution in [3.63, 3.8) is 0 Å². The second-order valence-corrected chi connectivity index (χ2v) is 2.46. The highest BCUT2D eigenvalue weighted by atomic mass is 19.4. The highest BCUT2D eigenvalue weighted by Crippen LogP contribution is 2.30. The van der Waals surface area contributed by atoms with Gasteiger partial charge in [-0.05, 0) is 0 Å². The van der Waals surface area contributed by atoms with Gasteiger partial charge in [0, 0.05) is 20.2 Å². The van der Waals surface area contributed by atoms with Gasteiger partial charge in [0.05, 0.1) is 0 Å². The van der Waals surface area contributed by atoms with Gasteiger partial charge in [-0.3, -0.25) is 0 Å². The molecule has 0 aliphatic rings. The lowest BCUT2D eigenvalue weighted by atomic mass is 10.3. The second-order valence-electron chi connectivity index (χ2n) is 2.46. The average Bonchev–Trinajstić information content (AvgIpc) is 1.77. The minimum atomic E-state index is -4.99. The molecule has 0 saturated carbocycles. The molecule has 0 N–H and O–H groups in total. The van der Waals surface area contributed by atoms with Crippen LogP contribution in [0.1, 0.15) is 0 Å². The first kappa shape index (κ1) is 12.1. The van der Waals surface area contributed by atoms with Crippen molar-refractivity contribution in [1.29, 1.82) is 0 Å². The molecule has 0 aromatic rings. The molecule has 7 heteroatoms. The molecule has 0 atom stereocenters. The summed E-state index contributed by atoms with van der Waals surface area (Å²) in [5, 5.41) is 0. The molecule has 0 rings (SSSR count). The van der Waals surface area contributed by atoms with Crippen molar-refractivity contribution >= 4 is 0 Å². The van der Waals surface area contributed by atoms with Crippen LogP contribution in [0.3, 0.4) is 0 Å². The maximum absolute atomic E-state index is 11.9. The van der Waals surface area contributed by atoms with E-state index in [0.717, 1.165) is 14.1 Å². The zero-order chi connectivity index (χ0) is 10.9. The number of halogens is 6. The van der Waals surface area contributed by atoms with E-state index in [1.807, 2.05) is 0 Å². The molecular weight excluding hydrogens is 200 g/mol. The number of nitrogens with zero attached hydrogens (tertiary/aromatic N) is 1. The average molecular weight is 207 g/mol. The van der Waals surface area contributed by atoms with Crippen LogP contribution in [0.25, 0.3) is 0 Å². The molecule has 0 fully saturated rings. The molecule has 0 saturated heterocycles. The normalized spacial score (nSPS) is 14.6. The summed E-state index contributed by atoms with van der Waals surface area (Å²) in [5.74, 6) is 0. The fourth-order valence-electron chi connectivity index (χ4n) is 0.620.